The molecule has 27 heavy (non-hydrogen) atoms. The Labute approximate surface area is 180 Å². The molecule has 3 aromatic rings. The van der Waals surface area contributed by atoms with E-state index in [1.807, 2.05) is 92.7 Å². The van der Waals surface area contributed by atoms with Crippen LogP contribution in [0.1, 0.15) is 25.2 Å². The summed E-state index contributed by atoms with van der Waals surface area (Å²) in [5.74, 6) is 0. The molecule has 0 spiro atoms. The van der Waals surface area contributed by atoms with Crippen molar-refractivity contribution in [3.8, 4) is 0 Å². The van der Waals surface area contributed by atoms with E-state index in [0.717, 1.165) is 45.5 Å². The first-order chi connectivity index (χ1) is 13.1. The minimum atomic E-state index is 0.860. The van der Waals surface area contributed by atoms with Crippen LogP contribution in [-0.4, -0.2) is 16.4 Å². The number of halogens is 2. The Kier molecular flexibility index (Phi) is 9.63. The van der Waals surface area contributed by atoms with Gasteiger partial charge >= 0.3 is 39.6 Å². The molecule has 0 saturated carbocycles. The molecule has 0 amide bonds. The predicted molar refractivity (Wildman–Crippen MR) is 119 cm³/mol. The van der Waals surface area contributed by atoms with Gasteiger partial charge in [0.05, 0.1) is 34.2 Å². The first-order valence-electron chi connectivity index (χ1n) is 8.17. The molecule has 6 heteroatoms. The number of pyridine rings is 1. The van der Waals surface area contributed by atoms with Gasteiger partial charge in [-0.2, -0.15) is 0 Å². The van der Waals surface area contributed by atoms with Crippen LogP contribution in [0.15, 0.2) is 88.8 Å². The number of rotatable bonds is 4. The van der Waals surface area contributed by atoms with Gasteiger partial charge in [0.25, 0.3) is 0 Å². The number of aliphatic imine (C=N–C) groups is 2. The third-order valence-corrected chi connectivity index (χ3v) is 3.60. The van der Waals surface area contributed by atoms with Crippen molar-refractivity contribution in [1.82, 2.24) is 4.98 Å². The monoisotopic (exact) mass is 527 g/mol. The molecule has 140 valence electrons. The van der Waals surface area contributed by atoms with E-state index in [1.54, 1.807) is 0 Å². The molecule has 0 bridgehead atoms. The van der Waals surface area contributed by atoms with Gasteiger partial charge in [0, 0.05) is 0 Å². The molecular weight excluding hydrogens is 510 g/mol. The van der Waals surface area contributed by atoms with Crippen molar-refractivity contribution in [3.05, 3.63) is 90.3 Å². The van der Waals surface area contributed by atoms with Crippen molar-refractivity contribution in [2.24, 2.45) is 9.98 Å². The zero-order chi connectivity index (χ0) is 19.5. The molecule has 1 heterocycles. The fourth-order valence-electron chi connectivity index (χ4n) is 2.34. The summed E-state index contributed by atoms with van der Waals surface area (Å²) in [5, 5.41) is 0. The molecule has 0 aliphatic rings. The Morgan fingerprint density at radius 1 is 0.667 bits per heavy atom. The number of para-hydroxylation sites is 2. The number of hydrogen-bond donors (Lipinski definition) is 0. The van der Waals surface area contributed by atoms with E-state index >= 15 is 0 Å². The number of nitrogens with zero attached hydrogens (tertiary/aromatic N) is 3. The maximum atomic E-state index is 4.70. The molecule has 0 saturated heterocycles. The predicted octanol–water partition coefficient (Wildman–Crippen LogP) is 7.05. The third kappa shape index (κ3) is 7.51. The molecule has 3 rings (SSSR count). The van der Waals surface area contributed by atoms with E-state index in [-0.39, 0.29) is 0 Å². The summed E-state index contributed by atoms with van der Waals surface area (Å²) >= 11 is 7.00. The summed E-state index contributed by atoms with van der Waals surface area (Å²) in [5.41, 5.74) is 5.35. The second-order valence-electron chi connectivity index (χ2n) is 5.52. The average Bonchev–Trinajstić information content (AvgIpc) is 2.70. The standard InChI is InChI=1S/C21H19N3.2BrH.Fe/c1-16(22-18-10-5-3-6-11-18)20-14-9-15-21(24-20)17(2)23-19-12-7-4-8-13-19;;;/h3-15H,1-2H3;2*1H;/q;;;+2/p-2. The Bertz CT molecular complexity index is 827. The quantitative estimate of drug-likeness (QED) is 0.264. The SMILES string of the molecule is CC(=Nc1ccccc1)c1cccc(C(C)=Nc2ccccc2)n1.[Br][Fe][Br]. The van der Waals surface area contributed by atoms with Gasteiger partial charge in [-0.3, -0.25) is 9.98 Å². The van der Waals surface area contributed by atoms with Crippen molar-refractivity contribution in [1.29, 1.82) is 0 Å². The van der Waals surface area contributed by atoms with Crippen molar-refractivity contribution in [2.45, 2.75) is 13.8 Å². The summed E-state index contributed by atoms with van der Waals surface area (Å²) < 4.78 is 0. The van der Waals surface area contributed by atoms with Crippen molar-refractivity contribution in [2.75, 3.05) is 0 Å². The van der Waals surface area contributed by atoms with Gasteiger partial charge < -0.3 is 0 Å². The average molecular weight is 529 g/mol. The van der Waals surface area contributed by atoms with Crippen LogP contribution in [0.2, 0.25) is 0 Å². The van der Waals surface area contributed by atoms with E-state index in [0.29, 0.717) is 0 Å². The normalized spacial score (nSPS) is 11.7. The van der Waals surface area contributed by atoms with Crippen LogP contribution in [0.5, 0.6) is 0 Å². The van der Waals surface area contributed by atoms with Crippen LogP contribution in [0.3, 0.4) is 0 Å². The van der Waals surface area contributed by atoms with Crippen LogP contribution >= 0.6 is 28.2 Å². The van der Waals surface area contributed by atoms with Gasteiger partial charge in [-0.25, -0.2) is 4.98 Å². The molecule has 0 aliphatic heterocycles. The van der Waals surface area contributed by atoms with E-state index in [9.17, 15) is 0 Å². The van der Waals surface area contributed by atoms with Crippen LogP contribution in [0, 0.1) is 0 Å². The number of benzene rings is 2. The second kappa shape index (κ2) is 12.0. The topological polar surface area (TPSA) is 37.6 Å². The van der Waals surface area contributed by atoms with Gasteiger partial charge in [-0.1, -0.05) is 42.5 Å². The number of aromatic nitrogens is 1. The molecular formula is C21H19Br2FeN3. The molecule has 0 atom stereocenters. The second-order valence-corrected chi connectivity index (χ2v) is 11.1. The summed E-state index contributed by atoms with van der Waals surface area (Å²) in [6, 6.07) is 25.7. The van der Waals surface area contributed by atoms with Gasteiger partial charge in [0.2, 0.25) is 0 Å². The summed E-state index contributed by atoms with van der Waals surface area (Å²) in [6.07, 6.45) is 0. The molecule has 2 aromatic carbocycles. The van der Waals surface area contributed by atoms with Crippen LogP contribution in [0.25, 0.3) is 0 Å². The Balaban J connectivity index is 0.000000817. The van der Waals surface area contributed by atoms with Gasteiger partial charge in [0.1, 0.15) is 0 Å². The van der Waals surface area contributed by atoms with E-state index in [4.69, 9.17) is 4.98 Å². The molecule has 0 aliphatic carbocycles. The summed E-state index contributed by atoms with van der Waals surface area (Å²) in [7, 11) is 0. The van der Waals surface area contributed by atoms with Gasteiger partial charge in [0.15, 0.2) is 0 Å². The van der Waals surface area contributed by atoms with Gasteiger partial charge in [-0.05, 0) is 50.2 Å². The first-order valence-corrected chi connectivity index (χ1v) is 13.6. The molecule has 0 fully saturated rings. The van der Waals surface area contributed by atoms with Gasteiger partial charge in [-0.15, -0.1) is 0 Å². The molecule has 0 unspecified atom stereocenters. The Morgan fingerprint density at radius 2 is 1.04 bits per heavy atom. The fraction of sp³-hybridized carbons (Fsp3) is 0.0952. The molecule has 1 aromatic heterocycles. The minimum absolute atomic E-state index is 0.860. The summed E-state index contributed by atoms with van der Waals surface area (Å²) in [4.78, 5) is 14.0. The van der Waals surface area contributed by atoms with E-state index < -0.39 is 0 Å². The maximum absolute atomic E-state index is 4.70. The Morgan fingerprint density at radius 3 is 1.41 bits per heavy atom. The molecule has 0 radical (unpaired) electrons. The van der Waals surface area contributed by atoms with Crippen molar-refractivity contribution in [3.63, 3.8) is 0 Å². The first kappa shape index (κ1) is 21.7. The van der Waals surface area contributed by atoms with Crippen LogP contribution in [-0.2, 0) is 11.3 Å². The van der Waals surface area contributed by atoms with Crippen molar-refractivity contribution >= 4 is 51.0 Å². The van der Waals surface area contributed by atoms with Crippen LogP contribution in [0.4, 0.5) is 11.4 Å². The zero-order valence-electron chi connectivity index (χ0n) is 15.0. The molecule has 0 N–H and O–H groups in total. The molecule has 3 nitrogen and oxygen atoms in total. The van der Waals surface area contributed by atoms with E-state index in [1.165, 1.54) is 0 Å². The van der Waals surface area contributed by atoms with Crippen LogP contribution < -0.4 is 0 Å². The van der Waals surface area contributed by atoms with E-state index in [2.05, 4.69) is 38.2 Å². The fourth-order valence-corrected chi connectivity index (χ4v) is 2.34. The Hall–Kier alpha value is -1.59. The third-order valence-electron chi connectivity index (χ3n) is 3.60. The number of hydrogen-bond acceptors (Lipinski definition) is 3. The summed E-state index contributed by atoms with van der Waals surface area (Å²) in [6.45, 7) is 3.95. The zero-order valence-corrected chi connectivity index (χ0v) is 19.2. The van der Waals surface area contributed by atoms with Crippen molar-refractivity contribution < 1.29 is 11.3 Å².